The summed E-state index contributed by atoms with van der Waals surface area (Å²) in [6.07, 6.45) is 0. The minimum atomic E-state index is -3.62. The lowest BCUT2D eigenvalue weighted by atomic mass is 10.2. The van der Waals surface area contributed by atoms with Crippen molar-refractivity contribution in [1.29, 1.82) is 0 Å². The van der Waals surface area contributed by atoms with E-state index >= 15 is 0 Å². The van der Waals surface area contributed by atoms with Crippen molar-refractivity contribution >= 4 is 21.4 Å². The quantitative estimate of drug-likeness (QED) is 0.772. The predicted molar refractivity (Wildman–Crippen MR) is 92.7 cm³/mol. The SMILES string of the molecule is O=C(Nc1ccc(F)cc1)c1ccc(S(=O)(=O)c2ccccc2)cc1. The van der Waals surface area contributed by atoms with Gasteiger partial charge in [-0.15, -0.1) is 0 Å². The molecule has 0 saturated carbocycles. The van der Waals surface area contributed by atoms with Gasteiger partial charge in [-0.05, 0) is 60.7 Å². The molecule has 0 aromatic heterocycles. The second kappa shape index (κ2) is 6.86. The first-order chi connectivity index (χ1) is 12.0. The van der Waals surface area contributed by atoms with Crippen molar-refractivity contribution in [2.45, 2.75) is 9.79 Å². The average molecular weight is 355 g/mol. The largest absolute Gasteiger partial charge is 0.322 e. The molecule has 0 radical (unpaired) electrons. The molecule has 0 heterocycles. The van der Waals surface area contributed by atoms with Crippen LogP contribution in [-0.4, -0.2) is 14.3 Å². The van der Waals surface area contributed by atoms with Crippen LogP contribution in [0.2, 0.25) is 0 Å². The molecule has 25 heavy (non-hydrogen) atoms. The molecule has 0 aliphatic carbocycles. The van der Waals surface area contributed by atoms with Crippen molar-refractivity contribution in [3.8, 4) is 0 Å². The first-order valence-electron chi connectivity index (χ1n) is 7.44. The van der Waals surface area contributed by atoms with Gasteiger partial charge in [0.15, 0.2) is 0 Å². The molecule has 126 valence electrons. The molecule has 0 bridgehead atoms. The normalized spacial score (nSPS) is 11.1. The fourth-order valence-corrected chi connectivity index (χ4v) is 3.54. The van der Waals surface area contributed by atoms with E-state index in [0.717, 1.165) is 0 Å². The molecular formula is C19H14FNO3S. The number of rotatable bonds is 4. The number of nitrogens with one attached hydrogen (secondary N) is 1. The Kier molecular flexibility index (Phi) is 4.63. The van der Waals surface area contributed by atoms with Crippen LogP contribution in [0.15, 0.2) is 88.7 Å². The zero-order valence-corrected chi connectivity index (χ0v) is 13.8. The van der Waals surface area contributed by atoms with Crippen LogP contribution in [0.3, 0.4) is 0 Å². The van der Waals surface area contributed by atoms with E-state index in [4.69, 9.17) is 0 Å². The van der Waals surface area contributed by atoms with Crippen molar-refractivity contribution in [3.63, 3.8) is 0 Å². The smallest absolute Gasteiger partial charge is 0.255 e. The number of hydrogen-bond acceptors (Lipinski definition) is 3. The molecule has 3 aromatic rings. The van der Waals surface area contributed by atoms with Crippen molar-refractivity contribution in [2.24, 2.45) is 0 Å². The monoisotopic (exact) mass is 355 g/mol. The fraction of sp³-hybridized carbons (Fsp3) is 0. The van der Waals surface area contributed by atoms with Gasteiger partial charge in [-0.2, -0.15) is 0 Å². The highest BCUT2D eigenvalue weighted by atomic mass is 32.2. The van der Waals surface area contributed by atoms with Gasteiger partial charge in [0.25, 0.3) is 5.91 Å². The van der Waals surface area contributed by atoms with Gasteiger partial charge >= 0.3 is 0 Å². The van der Waals surface area contributed by atoms with Crippen molar-refractivity contribution in [3.05, 3.63) is 90.2 Å². The van der Waals surface area contributed by atoms with Gasteiger partial charge in [0.1, 0.15) is 5.82 Å². The Hall–Kier alpha value is -2.99. The second-order valence-electron chi connectivity index (χ2n) is 5.30. The maximum absolute atomic E-state index is 12.9. The van der Waals surface area contributed by atoms with Crippen LogP contribution in [0.4, 0.5) is 10.1 Å². The van der Waals surface area contributed by atoms with Crippen LogP contribution >= 0.6 is 0 Å². The Morgan fingerprint density at radius 3 is 1.92 bits per heavy atom. The third-order valence-electron chi connectivity index (χ3n) is 3.58. The summed E-state index contributed by atoms with van der Waals surface area (Å²) in [7, 11) is -3.62. The molecule has 0 fully saturated rings. The molecule has 4 nitrogen and oxygen atoms in total. The van der Waals surface area contributed by atoms with E-state index in [1.54, 1.807) is 18.2 Å². The van der Waals surface area contributed by atoms with Gasteiger partial charge in [0.2, 0.25) is 9.84 Å². The number of anilines is 1. The van der Waals surface area contributed by atoms with Crippen LogP contribution in [0.25, 0.3) is 0 Å². The van der Waals surface area contributed by atoms with Gasteiger partial charge < -0.3 is 5.32 Å². The van der Waals surface area contributed by atoms with E-state index in [2.05, 4.69) is 5.32 Å². The Bertz CT molecular complexity index is 983. The molecular weight excluding hydrogens is 341 g/mol. The third-order valence-corrected chi connectivity index (χ3v) is 5.37. The van der Waals surface area contributed by atoms with Crippen molar-refractivity contribution in [2.75, 3.05) is 5.32 Å². The molecule has 1 N–H and O–H groups in total. The fourth-order valence-electron chi connectivity index (χ4n) is 2.26. The van der Waals surface area contributed by atoms with E-state index in [9.17, 15) is 17.6 Å². The van der Waals surface area contributed by atoms with Crippen LogP contribution in [-0.2, 0) is 9.84 Å². The zero-order valence-electron chi connectivity index (χ0n) is 13.0. The Balaban J connectivity index is 1.80. The first kappa shape index (κ1) is 16.9. The summed E-state index contributed by atoms with van der Waals surface area (Å²) in [6.45, 7) is 0. The van der Waals surface area contributed by atoms with Gasteiger partial charge in [-0.25, -0.2) is 12.8 Å². The standard InChI is InChI=1S/C19H14FNO3S/c20-15-8-10-16(11-9-15)21-19(22)14-6-12-18(13-7-14)25(23,24)17-4-2-1-3-5-17/h1-13H,(H,21,22). The summed E-state index contributed by atoms with van der Waals surface area (Å²) in [5.41, 5.74) is 0.753. The van der Waals surface area contributed by atoms with Crippen LogP contribution in [0, 0.1) is 5.82 Å². The lowest BCUT2D eigenvalue weighted by Crippen LogP contribution is -2.12. The van der Waals surface area contributed by atoms with Gasteiger partial charge in [0, 0.05) is 11.3 Å². The number of carbonyl (C=O) groups is 1. The number of halogens is 1. The van der Waals surface area contributed by atoms with Crippen molar-refractivity contribution in [1.82, 2.24) is 0 Å². The van der Waals surface area contributed by atoms with Gasteiger partial charge in [-0.1, -0.05) is 18.2 Å². The second-order valence-corrected chi connectivity index (χ2v) is 7.25. The van der Waals surface area contributed by atoms with Crippen LogP contribution < -0.4 is 5.32 Å². The maximum atomic E-state index is 12.9. The van der Waals surface area contributed by atoms with Gasteiger partial charge in [-0.3, -0.25) is 4.79 Å². The van der Waals surface area contributed by atoms with Gasteiger partial charge in [0.05, 0.1) is 9.79 Å². The lowest BCUT2D eigenvalue weighted by Gasteiger charge is -2.07. The topological polar surface area (TPSA) is 63.2 Å². The van der Waals surface area contributed by atoms with E-state index in [0.29, 0.717) is 11.3 Å². The highest BCUT2D eigenvalue weighted by molar-refractivity contribution is 7.91. The summed E-state index contributed by atoms with van der Waals surface area (Å²) < 4.78 is 37.9. The molecule has 6 heteroatoms. The summed E-state index contributed by atoms with van der Waals surface area (Å²) in [6, 6.07) is 19.1. The van der Waals surface area contributed by atoms with Crippen LogP contribution in [0.1, 0.15) is 10.4 Å². The molecule has 0 saturated heterocycles. The lowest BCUT2D eigenvalue weighted by molar-refractivity contribution is 0.102. The van der Waals surface area contributed by atoms with Crippen molar-refractivity contribution < 1.29 is 17.6 Å². The van der Waals surface area contributed by atoms with Crippen LogP contribution in [0.5, 0.6) is 0 Å². The Labute approximate surface area is 144 Å². The third kappa shape index (κ3) is 3.75. The molecule has 1 amide bonds. The molecule has 0 aliphatic rings. The molecule has 3 rings (SSSR count). The molecule has 0 unspecified atom stereocenters. The Morgan fingerprint density at radius 2 is 1.32 bits per heavy atom. The Morgan fingerprint density at radius 1 is 0.760 bits per heavy atom. The number of benzene rings is 3. The predicted octanol–water partition coefficient (Wildman–Crippen LogP) is 3.91. The zero-order chi connectivity index (χ0) is 17.9. The molecule has 0 spiro atoms. The average Bonchev–Trinajstić information content (AvgIpc) is 2.64. The number of carbonyl (C=O) groups excluding carboxylic acids is 1. The number of hydrogen-bond donors (Lipinski definition) is 1. The summed E-state index contributed by atoms with van der Waals surface area (Å²) in [5.74, 6) is -0.802. The maximum Gasteiger partial charge on any atom is 0.255 e. The van der Waals surface area contributed by atoms with E-state index in [1.165, 1.54) is 60.7 Å². The minimum absolute atomic E-state index is 0.108. The van der Waals surface area contributed by atoms with E-state index < -0.39 is 21.6 Å². The first-order valence-corrected chi connectivity index (χ1v) is 8.92. The highest BCUT2D eigenvalue weighted by Gasteiger charge is 2.17. The molecule has 0 aliphatic heterocycles. The number of amides is 1. The summed E-state index contributed by atoms with van der Waals surface area (Å²) in [4.78, 5) is 12.5. The minimum Gasteiger partial charge on any atom is -0.322 e. The summed E-state index contributed by atoms with van der Waals surface area (Å²) in [5, 5.41) is 2.62. The van der Waals surface area contributed by atoms with E-state index in [-0.39, 0.29) is 9.79 Å². The highest BCUT2D eigenvalue weighted by Crippen LogP contribution is 2.21. The summed E-state index contributed by atoms with van der Waals surface area (Å²) >= 11 is 0. The number of sulfone groups is 1. The molecule has 0 atom stereocenters. The molecule has 3 aromatic carbocycles. The van der Waals surface area contributed by atoms with E-state index in [1.807, 2.05) is 0 Å².